The van der Waals surface area contributed by atoms with Crippen LogP contribution in [0.15, 0.2) is 42.5 Å². The number of carbonyl (C=O) groups is 2. The van der Waals surface area contributed by atoms with E-state index in [2.05, 4.69) is 10.3 Å². The van der Waals surface area contributed by atoms with Crippen LogP contribution in [0.3, 0.4) is 0 Å². The highest BCUT2D eigenvalue weighted by Crippen LogP contribution is 2.30. The van der Waals surface area contributed by atoms with Gasteiger partial charge in [0.05, 0.1) is 7.11 Å². The highest BCUT2D eigenvalue weighted by Gasteiger charge is 2.36. The van der Waals surface area contributed by atoms with Crippen molar-refractivity contribution in [1.29, 1.82) is 0 Å². The number of nitrogens with zero attached hydrogens (tertiary/aromatic N) is 1. The molecular weight excluding hydrogens is 361 g/mol. The molecule has 3 aromatic rings. The molecule has 1 aromatic heterocycles. The van der Waals surface area contributed by atoms with Gasteiger partial charge in [0.2, 0.25) is 5.91 Å². The molecule has 1 fully saturated rings. The number of hydrogen-bond acceptors (Lipinski definition) is 3. The fraction of sp³-hybridized carbons (Fsp3) is 0.238. The number of rotatable bonds is 3. The van der Waals surface area contributed by atoms with Crippen LogP contribution in [0.5, 0.6) is 5.75 Å². The van der Waals surface area contributed by atoms with E-state index >= 15 is 0 Å². The zero-order chi connectivity index (χ0) is 19.8. The van der Waals surface area contributed by atoms with E-state index in [1.165, 1.54) is 29.2 Å². The number of aryl methyl sites for hydroxylation is 1. The minimum absolute atomic E-state index is 0.267. The van der Waals surface area contributed by atoms with Gasteiger partial charge in [-0.15, -0.1) is 0 Å². The number of benzene rings is 2. The highest BCUT2D eigenvalue weighted by molar-refractivity contribution is 6.03. The minimum Gasteiger partial charge on any atom is -0.497 e. The quantitative estimate of drug-likeness (QED) is 0.733. The number of aromatic nitrogens is 1. The summed E-state index contributed by atoms with van der Waals surface area (Å²) in [7, 11) is 1.59. The fourth-order valence-corrected chi connectivity index (χ4v) is 3.65. The Balaban J connectivity index is 1.74. The van der Waals surface area contributed by atoms with Crippen molar-refractivity contribution in [1.82, 2.24) is 15.2 Å². The Morgan fingerprint density at radius 1 is 1.21 bits per heavy atom. The summed E-state index contributed by atoms with van der Waals surface area (Å²) in [6, 6.07) is 10.4. The second-order valence-electron chi connectivity index (χ2n) is 6.78. The number of hydrogen-bond donors (Lipinski definition) is 2. The molecular formula is C21H20FN3O3. The number of piperazine rings is 1. The number of amides is 2. The molecule has 0 radical (unpaired) electrons. The first-order valence-corrected chi connectivity index (χ1v) is 9.00. The summed E-state index contributed by atoms with van der Waals surface area (Å²) >= 11 is 0. The second-order valence-corrected chi connectivity index (χ2v) is 6.78. The average Bonchev–Trinajstić information content (AvgIpc) is 3.04. The molecule has 0 unspecified atom stereocenters. The molecule has 0 spiro atoms. The van der Waals surface area contributed by atoms with E-state index in [0.29, 0.717) is 30.1 Å². The number of aromatic amines is 1. The van der Waals surface area contributed by atoms with Crippen LogP contribution < -0.4 is 10.1 Å². The average molecular weight is 381 g/mol. The Hall–Kier alpha value is -3.35. The maximum atomic E-state index is 13.4. The molecule has 2 heterocycles. The lowest BCUT2D eigenvalue weighted by molar-refractivity contribution is -0.128. The lowest BCUT2D eigenvalue weighted by Gasteiger charge is -2.35. The van der Waals surface area contributed by atoms with Crippen LogP contribution in [0.25, 0.3) is 10.9 Å². The number of fused-ring (bicyclic) bond motifs is 1. The minimum atomic E-state index is -0.804. The topological polar surface area (TPSA) is 74.4 Å². The van der Waals surface area contributed by atoms with Gasteiger partial charge in [-0.05, 0) is 48.4 Å². The Labute approximate surface area is 161 Å². The molecule has 2 N–H and O–H groups in total. The lowest BCUT2D eigenvalue weighted by Crippen LogP contribution is -2.52. The summed E-state index contributed by atoms with van der Waals surface area (Å²) in [4.78, 5) is 30.6. The van der Waals surface area contributed by atoms with Gasteiger partial charge in [-0.25, -0.2) is 4.39 Å². The van der Waals surface area contributed by atoms with Crippen LogP contribution in [0.2, 0.25) is 0 Å². The Kier molecular flexibility index (Phi) is 4.50. The zero-order valence-corrected chi connectivity index (χ0v) is 15.6. The van der Waals surface area contributed by atoms with E-state index in [1.807, 2.05) is 25.1 Å². The standard InChI is InChI=1S/C21H20FN3O3/c1-12-16-11-15(28-2)7-8-17(16)24-18(12)21(27)25-10-9-23-20(26)19(25)13-3-5-14(22)6-4-13/h3-8,11,19,24H,9-10H2,1-2H3,(H,23,26)/t19-/m1/s1. The summed E-state index contributed by atoms with van der Waals surface area (Å²) in [6.07, 6.45) is 0. The first kappa shape index (κ1) is 18.0. The fourth-order valence-electron chi connectivity index (χ4n) is 3.65. The van der Waals surface area contributed by atoms with Gasteiger partial charge in [0.15, 0.2) is 0 Å². The molecule has 4 rings (SSSR count). The van der Waals surface area contributed by atoms with Gasteiger partial charge in [0.1, 0.15) is 23.3 Å². The van der Waals surface area contributed by atoms with Gasteiger partial charge in [-0.2, -0.15) is 0 Å². The van der Waals surface area contributed by atoms with E-state index in [0.717, 1.165) is 16.5 Å². The van der Waals surface area contributed by atoms with Gasteiger partial charge in [0.25, 0.3) is 5.91 Å². The largest absolute Gasteiger partial charge is 0.497 e. The predicted octanol–water partition coefficient (Wildman–Crippen LogP) is 2.94. The number of methoxy groups -OCH3 is 1. The molecule has 0 aliphatic carbocycles. The van der Waals surface area contributed by atoms with Crippen molar-refractivity contribution in [2.45, 2.75) is 13.0 Å². The van der Waals surface area contributed by atoms with Gasteiger partial charge in [-0.1, -0.05) is 12.1 Å². The normalized spacial score (nSPS) is 16.9. The molecule has 1 saturated heterocycles. The van der Waals surface area contributed by atoms with Crippen LogP contribution in [-0.4, -0.2) is 41.9 Å². The molecule has 7 heteroatoms. The first-order valence-electron chi connectivity index (χ1n) is 9.00. The molecule has 0 saturated carbocycles. The maximum Gasteiger partial charge on any atom is 0.271 e. The van der Waals surface area contributed by atoms with E-state index in [4.69, 9.17) is 4.74 Å². The molecule has 6 nitrogen and oxygen atoms in total. The maximum absolute atomic E-state index is 13.4. The van der Waals surface area contributed by atoms with Crippen LogP contribution in [0.1, 0.15) is 27.7 Å². The van der Waals surface area contributed by atoms with E-state index in [1.54, 1.807) is 7.11 Å². The second kappa shape index (κ2) is 6.99. The Morgan fingerprint density at radius 2 is 1.96 bits per heavy atom. The number of ether oxygens (including phenoxy) is 1. The highest BCUT2D eigenvalue weighted by atomic mass is 19.1. The van der Waals surface area contributed by atoms with Crippen molar-refractivity contribution >= 4 is 22.7 Å². The van der Waals surface area contributed by atoms with Crippen molar-refractivity contribution in [3.05, 3.63) is 65.1 Å². The van der Waals surface area contributed by atoms with E-state index in [9.17, 15) is 14.0 Å². The molecule has 2 aromatic carbocycles. The number of H-pyrrole nitrogens is 1. The lowest BCUT2D eigenvalue weighted by atomic mass is 10.0. The van der Waals surface area contributed by atoms with Crippen LogP contribution in [-0.2, 0) is 4.79 Å². The summed E-state index contributed by atoms with van der Waals surface area (Å²) in [5, 5.41) is 3.68. The monoisotopic (exact) mass is 381 g/mol. The van der Waals surface area contributed by atoms with Gasteiger partial charge in [-0.3, -0.25) is 9.59 Å². The summed E-state index contributed by atoms with van der Waals surface area (Å²) in [5.74, 6) is -0.230. The molecule has 0 bridgehead atoms. The van der Waals surface area contributed by atoms with Gasteiger partial charge >= 0.3 is 0 Å². The number of carbonyl (C=O) groups excluding carboxylic acids is 2. The molecule has 1 aliphatic heterocycles. The number of halogens is 1. The molecule has 144 valence electrons. The zero-order valence-electron chi connectivity index (χ0n) is 15.6. The van der Waals surface area contributed by atoms with Crippen molar-refractivity contribution < 1.29 is 18.7 Å². The first-order chi connectivity index (χ1) is 13.5. The van der Waals surface area contributed by atoms with Crippen LogP contribution in [0.4, 0.5) is 4.39 Å². The van der Waals surface area contributed by atoms with Crippen molar-refractivity contribution in [2.75, 3.05) is 20.2 Å². The predicted molar refractivity (Wildman–Crippen MR) is 103 cm³/mol. The third-order valence-corrected chi connectivity index (χ3v) is 5.14. The third kappa shape index (κ3) is 2.98. The third-order valence-electron chi connectivity index (χ3n) is 5.14. The Bertz CT molecular complexity index is 1060. The van der Waals surface area contributed by atoms with Crippen LogP contribution in [0, 0.1) is 12.7 Å². The van der Waals surface area contributed by atoms with Crippen molar-refractivity contribution in [3.63, 3.8) is 0 Å². The molecule has 2 amide bonds. The van der Waals surface area contributed by atoms with Gasteiger partial charge in [0, 0.05) is 24.0 Å². The van der Waals surface area contributed by atoms with Crippen molar-refractivity contribution in [2.24, 2.45) is 0 Å². The summed E-state index contributed by atoms with van der Waals surface area (Å²) < 4.78 is 18.6. The number of nitrogens with one attached hydrogen (secondary N) is 2. The molecule has 1 aliphatic rings. The SMILES string of the molecule is COc1ccc2[nH]c(C(=O)N3CCNC(=O)[C@H]3c3ccc(F)cc3)c(C)c2c1. The van der Waals surface area contributed by atoms with Crippen LogP contribution >= 0.6 is 0 Å². The summed E-state index contributed by atoms with van der Waals surface area (Å²) in [6.45, 7) is 2.60. The van der Waals surface area contributed by atoms with E-state index in [-0.39, 0.29) is 11.8 Å². The smallest absolute Gasteiger partial charge is 0.271 e. The Morgan fingerprint density at radius 3 is 2.68 bits per heavy atom. The molecule has 28 heavy (non-hydrogen) atoms. The van der Waals surface area contributed by atoms with E-state index < -0.39 is 11.9 Å². The molecule has 1 atom stereocenters. The van der Waals surface area contributed by atoms with Gasteiger partial charge < -0.3 is 19.9 Å². The van der Waals surface area contributed by atoms with Crippen molar-refractivity contribution in [3.8, 4) is 5.75 Å². The summed E-state index contributed by atoms with van der Waals surface area (Å²) in [5.41, 5.74) is 2.62.